The van der Waals surface area contributed by atoms with Crippen molar-refractivity contribution in [3.05, 3.63) is 29.8 Å². The van der Waals surface area contributed by atoms with Gasteiger partial charge in [-0.05, 0) is 44.4 Å². The van der Waals surface area contributed by atoms with Crippen molar-refractivity contribution in [2.45, 2.75) is 52.7 Å². The first-order valence-corrected chi connectivity index (χ1v) is 8.64. The highest BCUT2D eigenvalue weighted by Gasteiger charge is 2.26. The molecular weight excluding hydrogens is 343 g/mol. The Bertz CT molecular complexity index is 453. The standard InChI is InChI=1S/C19H32N2O.2ClH/c1-6-15(2)18(21-13-11-20-12-14-21)16-7-9-17(10-8-16)22-19(3,4)5;;/h7-10,15,18,20H,6,11-14H2,1-5H3;2*1H/t15?,18-;;/m1../s1. The van der Waals surface area contributed by atoms with Gasteiger partial charge in [0, 0.05) is 32.2 Å². The van der Waals surface area contributed by atoms with Crippen LogP contribution >= 0.6 is 24.8 Å². The summed E-state index contributed by atoms with van der Waals surface area (Å²) in [5, 5.41) is 3.45. The second-order valence-electron chi connectivity index (χ2n) is 7.40. The molecule has 5 heteroatoms. The van der Waals surface area contributed by atoms with Gasteiger partial charge in [0.15, 0.2) is 0 Å². The van der Waals surface area contributed by atoms with Gasteiger partial charge < -0.3 is 10.1 Å². The fraction of sp³-hybridized carbons (Fsp3) is 0.684. The van der Waals surface area contributed by atoms with Crippen LogP contribution in [0, 0.1) is 5.92 Å². The van der Waals surface area contributed by atoms with E-state index in [1.807, 2.05) is 0 Å². The van der Waals surface area contributed by atoms with Crippen LogP contribution in [0.4, 0.5) is 0 Å². The van der Waals surface area contributed by atoms with Crippen molar-refractivity contribution in [3.63, 3.8) is 0 Å². The fourth-order valence-corrected chi connectivity index (χ4v) is 3.17. The van der Waals surface area contributed by atoms with Crippen LogP contribution in [0.5, 0.6) is 5.75 Å². The summed E-state index contributed by atoms with van der Waals surface area (Å²) in [5.41, 5.74) is 1.27. The van der Waals surface area contributed by atoms with Gasteiger partial charge in [-0.2, -0.15) is 0 Å². The molecule has 1 aliphatic heterocycles. The van der Waals surface area contributed by atoms with E-state index >= 15 is 0 Å². The minimum absolute atomic E-state index is 0. The summed E-state index contributed by atoms with van der Waals surface area (Å²) in [6.45, 7) is 15.4. The van der Waals surface area contributed by atoms with Gasteiger partial charge in [-0.3, -0.25) is 4.90 Å². The normalized spacial score (nSPS) is 18.0. The molecule has 1 saturated heterocycles. The maximum absolute atomic E-state index is 5.95. The van der Waals surface area contributed by atoms with Gasteiger partial charge in [0.2, 0.25) is 0 Å². The highest BCUT2D eigenvalue weighted by atomic mass is 35.5. The first kappa shape index (κ1) is 23.5. The number of hydrogen-bond acceptors (Lipinski definition) is 3. The van der Waals surface area contributed by atoms with E-state index in [0.29, 0.717) is 12.0 Å². The monoisotopic (exact) mass is 376 g/mol. The number of piperazine rings is 1. The van der Waals surface area contributed by atoms with Crippen LogP contribution in [0.2, 0.25) is 0 Å². The molecule has 1 aromatic carbocycles. The van der Waals surface area contributed by atoms with Gasteiger partial charge in [0.1, 0.15) is 11.4 Å². The number of halogens is 2. The molecule has 0 spiro atoms. The number of ether oxygens (including phenoxy) is 1. The lowest BCUT2D eigenvalue weighted by Crippen LogP contribution is -2.46. The molecule has 1 heterocycles. The number of rotatable bonds is 5. The maximum Gasteiger partial charge on any atom is 0.120 e. The molecule has 0 amide bonds. The third kappa shape index (κ3) is 6.79. The molecule has 0 bridgehead atoms. The molecule has 140 valence electrons. The molecule has 2 atom stereocenters. The van der Waals surface area contributed by atoms with Gasteiger partial charge in [-0.25, -0.2) is 0 Å². The predicted molar refractivity (Wildman–Crippen MR) is 108 cm³/mol. The van der Waals surface area contributed by atoms with Crippen molar-refractivity contribution < 1.29 is 4.74 Å². The highest BCUT2D eigenvalue weighted by molar-refractivity contribution is 5.85. The SMILES string of the molecule is CCC(C)[C@H](c1ccc(OC(C)(C)C)cc1)N1CCNCC1.Cl.Cl. The van der Waals surface area contributed by atoms with E-state index in [4.69, 9.17) is 4.74 Å². The zero-order valence-corrected chi connectivity index (χ0v) is 17.3. The van der Waals surface area contributed by atoms with Gasteiger partial charge in [0.05, 0.1) is 0 Å². The van der Waals surface area contributed by atoms with Crippen LogP contribution < -0.4 is 10.1 Å². The molecule has 24 heavy (non-hydrogen) atoms. The summed E-state index contributed by atoms with van der Waals surface area (Å²) >= 11 is 0. The average molecular weight is 377 g/mol. The summed E-state index contributed by atoms with van der Waals surface area (Å²) in [6, 6.07) is 9.26. The van der Waals surface area contributed by atoms with Crippen LogP contribution in [0.1, 0.15) is 52.6 Å². The van der Waals surface area contributed by atoms with Crippen LogP contribution in [-0.2, 0) is 0 Å². The molecule has 0 radical (unpaired) electrons. The Kier molecular flexibility index (Phi) is 10.3. The van der Waals surface area contributed by atoms with Crippen molar-refractivity contribution in [2.24, 2.45) is 5.92 Å². The highest BCUT2D eigenvalue weighted by Crippen LogP contribution is 2.32. The molecule has 1 fully saturated rings. The zero-order chi connectivity index (χ0) is 16.2. The van der Waals surface area contributed by atoms with Gasteiger partial charge in [0.25, 0.3) is 0 Å². The third-order valence-corrected chi connectivity index (χ3v) is 4.37. The molecule has 0 aliphatic carbocycles. The van der Waals surface area contributed by atoms with E-state index in [0.717, 1.165) is 31.9 Å². The summed E-state index contributed by atoms with van der Waals surface area (Å²) < 4.78 is 5.95. The Hall–Kier alpha value is -0.480. The molecule has 1 N–H and O–H groups in total. The van der Waals surface area contributed by atoms with E-state index < -0.39 is 0 Å². The molecule has 0 aromatic heterocycles. The summed E-state index contributed by atoms with van der Waals surface area (Å²) in [4.78, 5) is 2.63. The van der Waals surface area contributed by atoms with Gasteiger partial charge >= 0.3 is 0 Å². The largest absolute Gasteiger partial charge is 0.488 e. The molecule has 1 unspecified atom stereocenters. The number of hydrogen-bond donors (Lipinski definition) is 1. The lowest BCUT2D eigenvalue weighted by Gasteiger charge is -2.38. The first-order chi connectivity index (χ1) is 10.4. The fourth-order valence-electron chi connectivity index (χ4n) is 3.17. The van der Waals surface area contributed by atoms with Crippen molar-refractivity contribution in [1.82, 2.24) is 10.2 Å². The Morgan fingerprint density at radius 2 is 1.62 bits per heavy atom. The quantitative estimate of drug-likeness (QED) is 0.805. The number of nitrogens with zero attached hydrogens (tertiary/aromatic N) is 1. The van der Waals surface area contributed by atoms with Gasteiger partial charge in [-0.1, -0.05) is 32.4 Å². The third-order valence-electron chi connectivity index (χ3n) is 4.37. The minimum atomic E-state index is -0.143. The smallest absolute Gasteiger partial charge is 0.120 e. The lowest BCUT2D eigenvalue weighted by molar-refractivity contribution is 0.126. The van der Waals surface area contributed by atoms with Crippen LogP contribution in [0.25, 0.3) is 0 Å². The second-order valence-corrected chi connectivity index (χ2v) is 7.40. The Labute approximate surface area is 160 Å². The van der Waals surface area contributed by atoms with E-state index in [1.165, 1.54) is 12.0 Å². The van der Waals surface area contributed by atoms with Crippen molar-refractivity contribution in [1.29, 1.82) is 0 Å². The average Bonchev–Trinajstić information content (AvgIpc) is 2.48. The Balaban J connectivity index is 0.00000264. The second kappa shape index (κ2) is 10.5. The number of nitrogens with one attached hydrogen (secondary N) is 1. The zero-order valence-electron chi connectivity index (χ0n) is 15.7. The molecule has 0 saturated carbocycles. The first-order valence-electron chi connectivity index (χ1n) is 8.64. The molecule has 1 aliphatic rings. The van der Waals surface area contributed by atoms with Gasteiger partial charge in [-0.15, -0.1) is 24.8 Å². The lowest BCUT2D eigenvalue weighted by atomic mass is 9.90. The van der Waals surface area contributed by atoms with E-state index in [1.54, 1.807) is 0 Å². The summed E-state index contributed by atoms with van der Waals surface area (Å²) in [7, 11) is 0. The van der Waals surface area contributed by atoms with E-state index in [2.05, 4.69) is 69.1 Å². The van der Waals surface area contributed by atoms with Crippen LogP contribution in [0.15, 0.2) is 24.3 Å². The predicted octanol–water partition coefficient (Wildman–Crippen LogP) is 4.70. The Morgan fingerprint density at radius 1 is 1.08 bits per heavy atom. The molecule has 3 nitrogen and oxygen atoms in total. The molecule has 2 rings (SSSR count). The van der Waals surface area contributed by atoms with Crippen LogP contribution in [0.3, 0.4) is 0 Å². The van der Waals surface area contributed by atoms with Crippen molar-refractivity contribution in [3.8, 4) is 5.75 Å². The number of benzene rings is 1. The minimum Gasteiger partial charge on any atom is -0.488 e. The van der Waals surface area contributed by atoms with E-state index in [9.17, 15) is 0 Å². The van der Waals surface area contributed by atoms with E-state index in [-0.39, 0.29) is 30.4 Å². The molecular formula is C19H34Cl2N2O. The maximum atomic E-state index is 5.95. The Morgan fingerprint density at radius 3 is 2.08 bits per heavy atom. The van der Waals surface area contributed by atoms with Crippen molar-refractivity contribution in [2.75, 3.05) is 26.2 Å². The summed E-state index contributed by atoms with van der Waals surface area (Å²) in [6.07, 6.45) is 1.20. The summed E-state index contributed by atoms with van der Waals surface area (Å²) in [5.74, 6) is 1.62. The topological polar surface area (TPSA) is 24.5 Å². The van der Waals surface area contributed by atoms with Crippen LogP contribution in [-0.4, -0.2) is 36.7 Å². The van der Waals surface area contributed by atoms with Crippen molar-refractivity contribution >= 4 is 24.8 Å². The molecule has 1 aromatic rings.